The van der Waals surface area contributed by atoms with Crippen LogP contribution in [0.25, 0.3) is 11.4 Å². The highest BCUT2D eigenvalue weighted by atomic mass is 16.5. The van der Waals surface area contributed by atoms with E-state index in [1.807, 2.05) is 35.9 Å². The van der Waals surface area contributed by atoms with Gasteiger partial charge in [-0.25, -0.2) is 0 Å². The minimum atomic E-state index is -0.0856. The number of hydrogen-bond donors (Lipinski definition) is 2. The third kappa shape index (κ3) is 4.37. The highest BCUT2D eigenvalue weighted by molar-refractivity contribution is 5.92. The lowest BCUT2D eigenvalue weighted by Gasteiger charge is -2.07. The summed E-state index contributed by atoms with van der Waals surface area (Å²) in [7, 11) is 3.51. The second-order valence-corrected chi connectivity index (χ2v) is 4.56. The Morgan fingerprint density at radius 1 is 1.33 bits per heavy atom. The number of nitrogens with zero attached hydrogens (tertiary/aromatic N) is 3. The molecule has 2 rings (SSSR count). The third-order valence-electron chi connectivity index (χ3n) is 2.91. The van der Waals surface area contributed by atoms with Gasteiger partial charge in [0.1, 0.15) is 6.33 Å². The zero-order valence-corrected chi connectivity index (χ0v) is 12.2. The second-order valence-electron chi connectivity index (χ2n) is 4.56. The quantitative estimate of drug-likeness (QED) is 0.732. The van der Waals surface area contributed by atoms with Crippen LogP contribution in [0.4, 0.5) is 5.69 Å². The van der Waals surface area contributed by atoms with Gasteiger partial charge in [0.15, 0.2) is 5.82 Å². The summed E-state index contributed by atoms with van der Waals surface area (Å²) in [5, 5.41) is 13.7. The van der Waals surface area contributed by atoms with Crippen molar-refractivity contribution in [3.05, 3.63) is 30.6 Å². The summed E-state index contributed by atoms with van der Waals surface area (Å²) in [6.45, 7) is 1.49. The molecule has 1 aromatic heterocycles. The number of benzene rings is 1. The molecule has 21 heavy (non-hydrogen) atoms. The predicted octanol–water partition coefficient (Wildman–Crippen LogP) is 0.657. The van der Waals surface area contributed by atoms with E-state index >= 15 is 0 Å². The summed E-state index contributed by atoms with van der Waals surface area (Å²) in [5.41, 5.74) is 1.70. The van der Waals surface area contributed by atoms with Crippen molar-refractivity contribution in [1.82, 2.24) is 20.1 Å². The highest BCUT2D eigenvalue weighted by Crippen LogP contribution is 2.18. The van der Waals surface area contributed by atoms with Crippen LogP contribution in [-0.2, 0) is 16.6 Å². The Morgan fingerprint density at radius 3 is 2.71 bits per heavy atom. The number of rotatable bonds is 7. The minimum absolute atomic E-state index is 0.0856. The van der Waals surface area contributed by atoms with Crippen LogP contribution in [0.5, 0.6) is 0 Å². The maximum atomic E-state index is 11.7. The number of anilines is 1. The van der Waals surface area contributed by atoms with Gasteiger partial charge in [-0.2, -0.15) is 0 Å². The molecule has 0 saturated carbocycles. The lowest BCUT2D eigenvalue weighted by atomic mass is 10.2. The van der Waals surface area contributed by atoms with Crippen molar-refractivity contribution in [2.75, 3.05) is 32.1 Å². The predicted molar refractivity (Wildman–Crippen MR) is 79.8 cm³/mol. The molecule has 0 aliphatic heterocycles. The van der Waals surface area contributed by atoms with E-state index in [0.29, 0.717) is 13.2 Å². The lowest BCUT2D eigenvalue weighted by Crippen LogP contribution is -2.30. The van der Waals surface area contributed by atoms with E-state index in [1.165, 1.54) is 0 Å². The van der Waals surface area contributed by atoms with Gasteiger partial charge in [0.25, 0.3) is 0 Å². The maximum absolute atomic E-state index is 11.7. The number of nitrogens with one attached hydrogen (secondary N) is 2. The van der Waals surface area contributed by atoms with Crippen molar-refractivity contribution in [3.8, 4) is 11.4 Å². The Morgan fingerprint density at radius 2 is 2.10 bits per heavy atom. The number of hydrogen-bond acceptors (Lipinski definition) is 5. The molecular formula is C14H19N5O2. The summed E-state index contributed by atoms with van der Waals surface area (Å²) >= 11 is 0. The van der Waals surface area contributed by atoms with Gasteiger partial charge in [0.05, 0.1) is 13.2 Å². The van der Waals surface area contributed by atoms with Crippen molar-refractivity contribution in [2.24, 2.45) is 7.05 Å². The molecule has 112 valence electrons. The Balaban J connectivity index is 1.88. The Kier molecular flexibility index (Phi) is 5.42. The van der Waals surface area contributed by atoms with Crippen molar-refractivity contribution in [1.29, 1.82) is 0 Å². The van der Waals surface area contributed by atoms with Gasteiger partial charge in [-0.05, 0) is 24.3 Å². The molecule has 2 N–H and O–H groups in total. The number of methoxy groups -OCH3 is 1. The van der Waals surface area contributed by atoms with E-state index in [-0.39, 0.29) is 12.5 Å². The molecule has 0 fully saturated rings. The first-order valence-corrected chi connectivity index (χ1v) is 6.64. The molecule has 7 nitrogen and oxygen atoms in total. The van der Waals surface area contributed by atoms with Gasteiger partial charge < -0.3 is 19.9 Å². The molecule has 0 bridgehead atoms. The molecular weight excluding hydrogens is 270 g/mol. The SMILES string of the molecule is COCCNCC(=O)Nc1ccc(-c2nncn2C)cc1. The van der Waals surface area contributed by atoms with Gasteiger partial charge in [-0.1, -0.05) is 0 Å². The van der Waals surface area contributed by atoms with Gasteiger partial charge in [0.2, 0.25) is 5.91 Å². The number of carbonyl (C=O) groups is 1. The molecule has 0 atom stereocenters. The van der Waals surface area contributed by atoms with Crippen molar-refractivity contribution in [3.63, 3.8) is 0 Å². The van der Waals surface area contributed by atoms with Crippen LogP contribution in [0.15, 0.2) is 30.6 Å². The highest BCUT2D eigenvalue weighted by Gasteiger charge is 2.05. The monoisotopic (exact) mass is 289 g/mol. The molecule has 1 amide bonds. The largest absolute Gasteiger partial charge is 0.383 e. The van der Waals surface area contributed by atoms with E-state index in [4.69, 9.17) is 4.74 Å². The molecule has 0 spiro atoms. The van der Waals surface area contributed by atoms with E-state index in [2.05, 4.69) is 20.8 Å². The summed E-state index contributed by atoms with van der Waals surface area (Å²) in [5.74, 6) is 0.701. The van der Waals surface area contributed by atoms with E-state index < -0.39 is 0 Å². The summed E-state index contributed by atoms with van der Waals surface area (Å²) < 4.78 is 6.73. The topological polar surface area (TPSA) is 81.1 Å². The smallest absolute Gasteiger partial charge is 0.238 e. The molecule has 1 heterocycles. The normalized spacial score (nSPS) is 10.6. The molecule has 0 radical (unpaired) electrons. The average Bonchev–Trinajstić information content (AvgIpc) is 2.91. The number of amides is 1. The van der Waals surface area contributed by atoms with E-state index in [9.17, 15) is 4.79 Å². The van der Waals surface area contributed by atoms with Crippen LogP contribution in [0.2, 0.25) is 0 Å². The van der Waals surface area contributed by atoms with Crippen molar-refractivity contribution < 1.29 is 9.53 Å². The molecule has 0 unspecified atom stereocenters. The van der Waals surface area contributed by atoms with Crippen molar-refractivity contribution in [2.45, 2.75) is 0 Å². The van der Waals surface area contributed by atoms with Gasteiger partial charge in [0, 0.05) is 32.0 Å². The standard InChI is InChI=1S/C14H19N5O2/c1-19-10-16-18-14(19)11-3-5-12(6-4-11)17-13(20)9-15-7-8-21-2/h3-6,10,15H,7-9H2,1-2H3,(H,17,20). The minimum Gasteiger partial charge on any atom is -0.383 e. The fraction of sp³-hybridized carbons (Fsp3) is 0.357. The Labute approximate surface area is 123 Å². The fourth-order valence-corrected chi connectivity index (χ4v) is 1.83. The van der Waals surface area contributed by atoms with Gasteiger partial charge in [-0.3, -0.25) is 4.79 Å². The van der Waals surface area contributed by atoms with Crippen LogP contribution in [0, 0.1) is 0 Å². The van der Waals surface area contributed by atoms with Gasteiger partial charge >= 0.3 is 0 Å². The molecule has 7 heteroatoms. The summed E-state index contributed by atoms with van der Waals surface area (Å²) in [4.78, 5) is 11.7. The average molecular weight is 289 g/mol. The lowest BCUT2D eigenvalue weighted by molar-refractivity contribution is -0.115. The Hall–Kier alpha value is -2.25. The second kappa shape index (κ2) is 7.51. The summed E-state index contributed by atoms with van der Waals surface area (Å²) in [6.07, 6.45) is 1.65. The number of carbonyl (C=O) groups excluding carboxylic acids is 1. The van der Waals surface area contributed by atoms with Gasteiger partial charge in [-0.15, -0.1) is 10.2 Å². The van der Waals surface area contributed by atoms with Crippen LogP contribution >= 0.6 is 0 Å². The Bertz CT molecular complexity index is 579. The first-order valence-electron chi connectivity index (χ1n) is 6.64. The maximum Gasteiger partial charge on any atom is 0.238 e. The third-order valence-corrected chi connectivity index (χ3v) is 2.91. The first-order chi connectivity index (χ1) is 10.2. The molecule has 1 aromatic carbocycles. The number of aryl methyl sites for hydroxylation is 1. The molecule has 0 aliphatic carbocycles. The molecule has 0 saturated heterocycles. The van der Waals surface area contributed by atoms with Crippen LogP contribution < -0.4 is 10.6 Å². The van der Waals surface area contributed by atoms with Crippen LogP contribution in [-0.4, -0.2) is 47.5 Å². The number of aromatic nitrogens is 3. The zero-order chi connectivity index (χ0) is 15.1. The first kappa shape index (κ1) is 15.1. The van der Waals surface area contributed by atoms with E-state index in [0.717, 1.165) is 17.1 Å². The molecule has 2 aromatic rings. The van der Waals surface area contributed by atoms with Crippen LogP contribution in [0.3, 0.4) is 0 Å². The van der Waals surface area contributed by atoms with Crippen LogP contribution in [0.1, 0.15) is 0 Å². The summed E-state index contributed by atoms with van der Waals surface area (Å²) in [6, 6.07) is 7.49. The van der Waals surface area contributed by atoms with Crippen molar-refractivity contribution >= 4 is 11.6 Å². The molecule has 0 aliphatic rings. The fourth-order valence-electron chi connectivity index (χ4n) is 1.83. The zero-order valence-electron chi connectivity index (χ0n) is 12.2. The number of ether oxygens (including phenoxy) is 1. The van der Waals surface area contributed by atoms with E-state index in [1.54, 1.807) is 13.4 Å².